The molecule has 21 heavy (non-hydrogen) atoms. The standard InChI is InChI=1S/C15H12BrCl2FO2/c1-20-12-6-9(10(17)7-13(12)21-2)15(18)8-4-3-5-11(19)14(8)16/h3-7,15H,1-2H3. The van der Waals surface area contributed by atoms with Crippen molar-refractivity contribution in [3.63, 3.8) is 0 Å². The fourth-order valence-electron chi connectivity index (χ4n) is 1.95. The molecule has 2 aromatic carbocycles. The van der Waals surface area contributed by atoms with Gasteiger partial charge in [0.05, 0.1) is 24.1 Å². The number of ether oxygens (including phenoxy) is 2. The molecule has 0 aliphatic heterocycles. The molecule has 112 valence electrons. The van der Waals surface area contributed by atoms with Gasteiger partial charge in [-0.2, -0.15) is 0 Å². The van der Waals surface area contributed by atoms with E-state index in [2.05, 4.69) is 15.9 Å². The molecule has 0 fully saturated rings. The summed E-state index contributed by atoms with van der Waals surface area (Å²) in [4.78, 5) is 0. The number of alkyl halides is 1. The van der Waals surface area contributed by atoms with Crippen LogP contribution in [-0.4, -0.2) is 14.2 Å². The Bertz CT molecular complexity index is 664. The summed E-state index contributed by atoms with van der Waals surface area (Å²) in [5.74, 6) is 0.637. The van der Waals surface area contributed by atoms with Gasteiger partial charge in [-0.15, -0.1) is 11.6 Å². The third kappa shape index (κ3) is 3.28. The van der Waals surface area contributed by atoms with Gasteiger partial charge in [-0.1, -0.05) is 23.7 Å². The average molecular weight is 394 g/mol. The highest BCUT2D eigenvalue weighted by Gasteiger charge is 2.21. The van der Waals surface area contributed by atoms with E-state index in [-0.39, 0.29) is 5.82 Å². The second-order valence-electron chi connectivity index (χ2n) is 4.23. The van der Waals surface area contributed by atoms with Gasteiger partial charge in [-0.05, 0) is 39.2 Å². The third-order valence-electron chi connectivity index (χ3n) is 3.03. The van der Waals surface area contributed by atoms with E-state index >= 15 is 0 Å². The van der Waals surface area contributed by atoms with Gasteiger partial charge < -0.3 is 9.47 Å². The first-order chi connectivity index (χ1) is 9.99. The Morgan fingerprint density at radius 3 is 2.33 bits per heavy atom. The van der Waals surface area contributed by atoms with E-state index in [0.717, 1.165) is 0 Å². The molecule has 1 atom stereocenters. The zero-order chi connectivity index (χ0) is 15.6. The highest BCUT2D eigenvalue weighted by atomic mass is 79.9. The van der Waals surface area contributed by atoms with Crippen LogP contribution in [0.15, 0.2) is 34.8 Å². The molecule has 2 nitrogen and oxygen atoms in total. The number of methoxy groups -OCH3 is 2. The van der Waals surface area contributed by atoms with E-state index in [4.69, 9.17) is 32.7 Å². The van der Waals surface area contributed by atoms with Gasteiger partial charge in [-0.3, -0.25) is 0 Å². The largest absolute Gasteiger partial charge is 0.493 e. The summed E-state index contributed by atoms with van der Waals surface area (Å²) in [6, 6.07) is 8.00. The molecule has 1 unspecified atom stereocenters. The van der Waals surface area contributed by atoms with Crippen LogP contribution < -0.4 is 9.47 Å². The predicted molar refractivity (Wildman–Crippen MR) is 86.4 cm³/mol. The molecule has 0 amide bonds. The average Bonchev–Trinajstić information content (AvgIpc) is 2.49. The zero-order valence-electron chi connectivity index (χ0n) is 11.3. The molecule has 0 aromatic heterocycles. The molecule has 6 heteroatoms. The first-order valence-corrected chi connectivity index (χ1v) is 7.59. The van der Waals surface area contributed by atoms with Gasteiger partial charge in [0.2, 0.25) is 0 Å². The lowest BCUT2D eigenvalue weighted by molar-refractivity contribution is 0.354. The Morgan fingerprint density at radius 2 is 1.71 bits per heavy atom. The summed E-state index contributed by atoms with van der Waals surface area (Å²) in [7, 11) is 3.05. The normalized spacial score (nSPS) is 12.1. The van der Waals surface area contributed by atoms with Crippen molar-refractivity contribution in [3.8, 4) is 11.5 Å². The van der Waals surface area contributed by atoms with E-state index in [1.165, 1.54) is 20.3 Å². The van der Waals surface area contributed by atoms with Gasteiger partial charge in [0.15, 0.2) is 11.5 Å². The Balaban J connectivity index is 2.53. The van der Waals surface area contributed by atoms with Crippen molar-refractivity contribution in [1.82, 2.24) is 0 Å². The van der Waals surface area contributed by atoms with Crippen LogP contribution in [0.25, 0.3) is 0 Å². The molecule has 0 bridgehead atoms. The Labute approximate surface area is 140 Å². The SMILES string of the molecule is COc1cc(Cl)c(C(Cl)c2cccc(F)c2Br)cc1OC. The molecule has 0 saturated heterocycles. The molecule has 0 saturated carbocycles. The lowest BCUT2D eigenvalue weighted by Crippen LogP contribution is -1.99. The number of hydrogen-bond acceptors (Lipinski definition) is 2. The number of halogens is 4. The molecule has 0 spiro atoms. The van der Waals surface area contributed by atoms with Gasteiger partial charge in [-0.25, -0.2) is 4.39 Å². The molecule has 0 aliphatic carbocycles. The third-order valence-corrected chi connectivity index (χ3v) is 4.66. The molecule has 2 rings (SSSR count). The second kappa shape index (κ2) is 6.86. The lowest BCUT2D eigenvalue weighted by Gasteiger charge is -2.17. The fourth-order valence-corrected chi connectivity index (χ4v) is 3.25. The van der Waals surface area contributed by atoms with Crippen molar-refractivity contribution in [2.24, 2.45) is 0 Å². The van der Waals surface area contributed by atoms with Crippen LogP contribution in [0, 0.1) is 5.82 Å². The summed E-state index contributed by atoms with van der Waals surface area (Å²) in [5, 5.41) is -0.203. The van der Waals surface area contributed by atoms with Gasteiger partial charge in [0.1, 0.15) is 5.82 Å². The summed E-state index contributed by atoms with van der Waals surface area (Å²) in [6.45, 7) is 0. The number of hydrogen-bond donors (Lipinski definition) is 0. The molecule has 0 aliphatic rings. The topological polar surface area (TPSA) is 18.5 Å². The van der Waals surface area contributed by atoms with Crippen molar-refractivity contribution in [2.75, 3.05) is 14.2 Å². The van der Waals surface area contributed by atoms with Crippen molar-refractivity contribution >= 4 is 39.1 Å². The summed E-state index contributed by atoms with van der Waals surface area (Å²) >= 11 is 15.9. The van der Waals surface area contributed by atoms with E-state index in [1.54, 1.807) is 24.3 Å². The highest BCUT2D eigenvalue weighted by molar-refractivity contribution is 9.10. The maximum atomic E-state index is 13.6. The van der Waals surface area contributed by atoms with E-state index in [1.807, 2.05) is 0 Å². The zero-order valence-corrected chi connectivity index (χ0v) is 14.4. The van der Waals surface area contributed by atoms with Gasteiger partial charge >= 0.3 is 0 Å². The first kappa shape index (κ1) is 16.4. The molecule has 0 radical (unpaired) electrons. The number of benzene rings is 2. The minimum atomic E-state index is -0.623. The summed E-state index contributed by atoms with van der Waals surface area (Å²) in [6.07, 6.45) is 0. The Hall–Kier alpha value is -0.970. The van der Waals surface area contributed by atoms with Gasteiger partial charge in [0, 0.05) is 11.1 Å². The first-order valence-electron chi connectivity index (χ1n) is 5.99. The van der Waals surface area contributed by atoms with E-state index < -0.39 is 5.38 Å². The van der Waals surface area contributed by atoms with Crippen molar-refractivity contribution in [3.05, 3.63) is 56.8 Å². The maximum absolute atomic E-state index is 13.6. The van der Waals surface area contributed by atoms with E-state index in [9.17, 15) is 4.39 Å². The van der Waals surface area contributed by atoms with Crippen LogP contribution in [0.4, 0.5) is 4.39 Å². The lowest BCUT2D eigenvalue weighted by atomic mass is 10.0. The Kier molecular flexibility index (Phi) is 5.36. The smallest absolute Gasteiger partial charge is 0.162 e. The monoisotopic (exact) mass is 392 g/mol. The molecule has 0 N–H and O–H groups in total. The van der Waals surface area contributed by atoms with Crippen LogP contribution in [0.1, 0.15) is 16.5 Å². The summed E-state index contributed by atoms with van der Waals surface area (Å²) in [5.41, 5.74) is 1.20. The van der Waals surface area contributed by atoms with Crippen LogP contribution in [0.5, 0.6) is 11.5 Å². The number of rotatable bonds is 4. The fraction of sp³-hybridized carbons (Fsp3) is 0.200. The minimum absolute atomic E-state index is 0.316. The Morgan fingerprint density at radius 1 is 1.10 bits per heavy atom. The molecule has 0 heterocycles. The highest BCUT2D eigenvalue weighted by Crippen LogP contribution is 2.42. The minimum Gasteiger partial charge on any atom is -0.493 e. The van der Waals surface area contributed by atoms with Crippen molar-refractivity contribution in [2.45, 2.75) is 5.38 Å². The van der Waals surface area contributed by atoms with Crippen molar-refractivity contribution in [1.29, 1.82) is 0 Å². The van der Waals surface area contributed by atoms with Crippen LogP contribution in [-0.2, 0) is 0 Å². The van der Waals surface area contributed by atoms with E-state index in [0.29, 0.717) is 32.1 Å². The van der Waals surface area contributed by atoms with Gasteiger partial charge in [0.25, 0.3) is 0 Å². The van der Waals surface area contributed by atoms with Crippen LogP contribution in [0.3, 0.4) is 0 Å². The molecular formula is C15H12BrCl2FO2. The molecular weight excluding hydrogens is 382 g/mol. The quantitative estimate of drug-likeness (QED) is 0.630. The second-order valence-corrected chi connectivity index (χ2v) is 5.87. The summed E-state index contributed by atoms with van der Waals surface area (Å²) < 4.78 is 24.4. The van der Waals surface area contributed by atoms with Crippen LogP contribution >= 0.6 is 39.1 Å². The van der Waals surface area contributed by atoms with Crippen LogP contribution in [0.2, 0.25) is 5.02 Å². The molecule has 2 aromatic rings. The van der Waals surface area contributed by atoms with Crippen molar-refractivity contribution < 1.29 is 13.9 Å². The predicted octanol–water partition coefficient (Wildman–Crippen LogP) is 5.59. The maximum Gasteiger partial charge on any atom is 0.162 e.